The molecule has 4 heterocycles. The van der Waals surface area contributed by atoms with Crippen LogP contribution in [0.2, 0.25) is 0 Å². The molecule has 19 atom stereocenters. The molecule has 0 bridgehead atoms. The number of hydrogen-bond donors (Lipinski definition) is 7. The van der Waals surface area contributed by atoms with Crippen LogP contribution in [-0.2, 0) is 38.0 Å². The molecule has 8 aliphatic rings. The molecule has 0 unspecified atom stereocenters. The van der Waals surface area contributed by atoms with Gasteiger partial charge in [0.25, 0.3) is 0 Å². The molecule has 0 radical (unpaired) electrons. The Labute approximate surface area is 289 Å². The third-order valence-electron chi connectivity index (χ3n) is 14.2. The Balaban J connectivity index is 1.06. The molecule has 8 rings (SSSR count). The number of cyclic esters (lactones) is 1. The number of esters is 1. The Bertz CT molecular complexity index is 1390. The molecule has 50 heavy (non-hydrogen) atoms. The number of rotatable bonds is 5. The van der Waals surface area contributed by atoms with Crippen molar-refractivity contribution in [1.29, 1.82) is 0 Å². The summed E-state index contributed by atoms with van der Waals surface area (Å²) in [5.41, 5.74) is -2.26. The fourth-order valence-electron chi connectivity index (χ4n) is 11.8. The second kappa shape index (κ2) is 12.2. The van der Waals surface area contributed by atoms with Crippen LogP contribution >= 0.6 is 0 Å². The molecule has 4 saturated carbocycles. The van der Waals surface area contributed by atoms with Gasteiger partial charge in [0.2, 0.25) is 12.1 Å². The molecule has 0 aromatic rings. The summed E-state index contributed by atoms with van der Waals surface area (Å²) in [5, 5.41) is 77.1. The van der Waals surface area contributed by atoms with Gasteiger partial charge in [-0.25, -0.2) is 4.79 Å². The normalized spacial score (nSPS) is 57.3. The molecule has 0 spiro atoms. The van der Waals surface area contributed by atoms with Crippen molar-refractivity contribution in [3.8, 4) is 0 Å². The Kier molecular flexibility index (Phi) is 8.66. The van der Waals surface area contributed by atoms with Crippen LogP contribution in [0.3, 0.4) is 0 Å². The summed E-state index contributed by atoms with van der Waals surface area (Å²) in [5.74, 6) is -3.74. The lowest BCUT2D eigenvalue weighted by Gasteiger charge is -2.64. The highest BCUT2D eigenvalue weighted by molar-refractivity contribution is 5.85. The first-order valence-electron chi connectivity index (χ1n) is 18.1. The molecule has 0 amide bonds. The van der Waals surface area contributed by atoms with Crippen molar-refractivity contribution in [2.24, 2.45) is 34.5 Å². The Morgan fingerprint density at radius 1 is 0.960 bits per heavy atom. The van der Waals surface area contributed by atoms with Gasteiger partial charge in [-0.2, -0.15) is 0 Å². The van der Waals surface area contributed by atoms with Gasteiger partial charge in [-0.05, 0) is 68.8 Å². The van der Waals surface area contributed by atoms with Gasteiger partial charge in [-0.3, -0.25) is 0 Å². The summed E-state index contributed by atoms with van der Waals surface area (Å²) >= 11 is 0. The van der Waals surface area contributed by atoms with E-state index in [1.54, 1.807) is 6.92 Å². The molecule has 15 nitrogen and oxygen atoms in total. The van der Waals surface area contributed by atoms with Crippen molar-refractivity contribution in [1.82, 2.24) is 0 Å². The number of aliphatic hydroxyl groups excluding tert-OH is 5. The smallest absolute Gasteiger partial charge is 0.331 e. The van der Waals surface area contributed by atoms with Gasteiger partial charge >= 0.3 is 5.97 Å². The second-order valence-corrected chi connectivity index (χ2v) is 16.5. The van der Waals surface area contributed by atoms with E-state index in [1.165, 1.54) is 6.08 Å². The minimum absolute atomic E-state index is 0.0805. The van der Waals surface area contributed by atoms with Crippen molar-refractivity contribution < 1.29 is 73.8 Å². The standard InChI is InChI=1S/C35H50O15/c1-15-7-24(49-30-29(42)28(41)27(40)23(12-36)47-30)35(44)31(46-15)48-21-9-17-3-4-19-18(33(17,14-37)11-22(21)50-35)5-6-32(2)26(16-8-25(39)45-13-16)20(38)10-34(19,32)43/h8,14-15,17-24,26-31,36,38,40-44H,3-7,9-13H2,1-2H3/t15-,17+,18+,19-,20-,21-,22-,23-,24+,26+,27-,28+,29-,30+,31+,32-,33-,34+,35+/m1/s1. The molecule has 7 fully saturated rings. The van der Waals surface area contributed by atoms with Crippen molar-refractivity contribution in [2.45, 2.75) is 144 Å². The quantitative estimate of drug-likeness (QED) is 0.101. The van der Waals surface area contributed by atoms with Gasteiger partial charge in [0.1, 0.15) is 43.4 Å². The van der Waals surface area contributed by atoms with E-state index < -0.39 is 108 Å². The highest BCUT2D eigenvalue weighted by Gasteiger charge is 2.72. The van der Waals surface area contributed by atoms with E-state index >= 15 is 0 Å². The molecular weight excluding hydrogens is 660 g/mol. The van der Waals surface area contributed by atoms with E-state index in [1.807, 2.05) is 6.92 Å². The van der Waals surface area contributed by atoms with Crippen LogP contribution in [0.15, 0.2) is 11.6 Å². The SMILES string of the molecule is C[C@@H]1C[C@H](O[C@@H]2O[C@H](CO)[C@@H](O)[C@H](O)[C@H]2O)[C@]2(O)O[C@@H]3C[C@@]4(C=O)[C@@H](CC[C@@H]5[C@@H]4CC[C@]4(C)[C@@H](C6=CC(=O)OC6)[C@H](O)C[C@]54O)C[C@H]3O[C@@H]2O1. The van der Waals surface area contributed by atoms with Gasteiger partial charge < -0.3 is 69.0 Å². The van der Waals surface area contributed by atoms with Crippen molar-refractivity contribution in [3.63, 3.8) is 0 Å². The molecule has 4 aliphatic carbocycles. The molecule has 15 heteroatoms. The average Bonchev–Trinajstić information content (AvgIpc) is 3.59. The van der Waals surface area contributed by atoms with Crippen LogP contribution in [0.4, 0.5) is 0 Å². The highest BCUT2D eigenvalue weighted by atomic mass is 16.8. The number of hydrogen-bond acceptors (Lipinski definition) is 15. The lowest BCUT2D eigenvalue weighted by Crippen LogP contribution is -2.72. The largest absolute Gasteiger partial charge is 0.458 e. The van der Waals surface area contributed by atoms with Gasteiger partial charge in [-0.15, -0.1) is 0 Å². The predicted molar refractivity (Wildman–Crippen MR) is 165 cm³/mol. The zero-order chi connectivity index (χ0) is 35.5. The summed E-state index contributed by atoms with van der Waals surface area (Å²) in [6.07, 6.45) is -7.10. The number of carbonyl (C=O) groups is 2. The van der Waals surface area contributed by atoms with Crippen LogP contribution in [-0.4, -0.2) is 140 Å². The topological polar surface area (TPSA) is 231 Å². The monoisotopic (exact) mass is 710 g/mol. The minimum atomic E-state index is -2.21. The molecule has 0 aromatic heterocycles. The molecule has 280 valence electrons. The van der Waals surface area contributed by atoms with Gasteiger partial charge in [-0.1, -0.05) is 6.92 Å². The molecule has 4 aliphatic heterocycles. The number of aliphatic hydroxyl groups is 7. The van der Waals surface area contributed by atoms with E-state index in [4.69, 9.17) is 28.4 Å². The molecule has 7 N–H and O–H groups in total. The van der Waals surface area contributed by atoms with E-state index in [2.05, 4.69) is 0 Å². The summed E-state index contributed by atoms with van der Waals surface area (Å²) < 4.78 is 35.7. The predicted octanol–water partition coefficient (Wildman–Crippen LogP) is -1.20. The zero-order valence-electron chi connectivity index (χ0n) is 28.3. The van der Waals surface area contributed by atoms with E-state index in [0.29, 0.717) is 37.7 Å². The van der Waals surface area contributed by atoms with Crippen LogP contribution in [0, 0.1) is 34.5 Å². The fraction of sp³-hybridized carbons (Fsp3) is 0.886. The van der Waals surface area contributed by atoms with Crippen LogP contribution in [0.1, 0.15) is 65.2 Å². The van der Waals surface area contributed by atoms with Gasteiger partial charge in [0.15, 0.2) is 6.29 Å². The Morgan fingerprint density at radius 3 is 2.44 bits per heavy atom. The van der Waals surface area contributed by atoms with Crippen molar-refractivity contribution in [2.75, 3.05) is 13.2 Å². The summed E-state index contributed by atoms with van der Waals surface area (Å²) in [4.78, 5) is 25.4. The average molecular weight is 711 g/mol. The molecular formula is C35H50O15. The maximum absolute atomic E-state index is 13.5. The molecule has 0 aromatic carbocycles. The third kappa shape index (κ3) is 4.92. The van der Waals surface area contributed by atoms with E-state index in [0.717, 1.165) is 6.29 Å². The number of ether oxygens (including phenoxy) is 6. The Morgan fingerprint density at radius 2 is 1.74 bits per heavy atom. The van der Waals surface area contributed by atoms with Crippen LogP contribution in [0.5, 0.6) is 0 Å². The maximum Gasteiger partial charge on any atom is 0.331 e. The second-order valence-electron chi connectivity index (χ2n) is 16.5. The zero-order valence-corrected chi connectivity index (χ0v) is 28.3. The summed E-state index contributed by atoms with van der Waals surface area (Å²) in [6.45, 7) is 3.19. The lowest BCUT2D eigenvalue weighted by molar-refractivity contribution is -0.471. The van der Waals surface area contributed by atoms with Gasteiger partial charge in [0, 0.05) is 35.7 Å². The first-order chi connectivity index (χ1) is 23.7. The number of aldehydes is 1. The fourth-order valence-corrected chi connectivity index (χ4v) is 11.8. The highest BCUT2D eigenvalue weighted by Crippen LogP contribution is 2.70. The summed E-state index contributed by atoms with van der Waals surface area (Å²) in [6, 6.07) is 0. The maximum atomic E-state index is 13.5. The van der Waals surface area contributed by atoms with Crippen molar-refractivity contribution >= 4 is 12.3 Å². The summed E-state index contributed by atoms with van der Waals surface area (Å²) in [7, 11) is 0. The molecule has 3 saturated heterocycles. The lowest BCUT2D eigenvalue weighted by atomic mass is 9.42. The Hall–Kier alpha value is -1.60. The van der Waals surface area contributed by atoms with Crippen molar-refractivity contribution in [3.05, 3.63) is 11.6 Å². The first-order valence-corrected chi connectivity index (χ1v) is 18.1. The van der Waals surface area contributed by atoms with Gasteiger partial charge in [0.05, 0.1) is 36.6 Å². The first kappa shape index (κ1) is 35.4. The minimum Gasteiger partial charge on any atom is -0.458 e. The van der Waals surface area contributed by atoms with Crippen LogP contribution < -0.4 is 0 Å². The van der Waals surface area contributed by atoms with E-state index in [9.17, 15) is 45.3 Å². The third-order valence-corrected chi connectivity index (χ3v) is 14.2. The van der Waals surface area contributed by atoms with Crippen LogP contribution in [0.25, 0.3) is 0 Å². The number of carbonyl (C=O) groups excluding carboxylic acids is 2. The van der Waals surface area contributed by atoms with E-state index in [-0.39, 0.29) is 43.6 Å². The number of fused-ring (bicyclic) bond motifs is 7.